The van der Waals surface area contributed by atoms with Crippen molar-refractivity contribution in [2.75, 3.05) is 42.7 Å². The fourth-order valence-electron chi connectivity index (χ4n) is 2.03. The van der Waals surface area contributed by atoms with Crippen LogP contribution in [0.3, 0.4) is 0 Å². The Balaban J connectivity index is 2.26. The molecule has 1 N–H and O–H groups in total. The van der Waals surface area contributed by atoms with Gasteiger partial charge in [0.25, 0.3) is 10.0 Å². The Morgan fingerprint density at radius 2 is 1.68 bits per heavy atom. The van der Waals surface area contributed by atoms with E-state index in [2.05, 4.69) is 14.7 Å². The first-order valence-electron chi connectivity index (χ1n) is 7.67. The number of rotatable bonds is 6. The van der Waals surface area contributed by atoms with E-state index in [4.69, 9.17) is 0 Å². The number of aromatic nitrogens is 2. The SMILES string of the molecule is Cc1ccc(/C=C/S(=O)(=O)Nc2cnc(N(C)C)nc2N(C)C)cc1. The maximum Gasteiger partial charge on any atom is 0.255 e. The fraction of sp³-hybridized carbons (Fsp3) is 0.294. The molecule has 0 spiro atoms. The molecule has 0 saturated heterocycles. The highest BCUT2D eigenvalue weighted by Crippen LogP contribution is 2.24. The molecule has 2 aromatic rings. The van der Waals surface area contributed by atoms with Crippen LogP contribution >= 0.6 is 0 Å². The lowest BCUT2D eigenvalue weighted by Crippen LogP contribution is -2.20. The summed E-state index contributed by atoms with van der Waals surface area (Å²) < 4.78 is 27.2. The zero-order valence-electron chi connectivity index (χ0n) is 15.1. The van der Waals surface area contributed by atoms with Gasteiger partial charge < -0.3 is 9.80 Å². The lowest BCUT2D eigenvalue weighted by Gasteiger charge is -2.19. The highest BCUT2D eigenvalue weighted by atomic mass is 32.2. The van der Waals surface area contributed by atoms with Crippen LogP contribution in [0.25, 0.3) is 6.08 Å². The van der Waals surface area contributed by atoms with Gasteiger partial charge in [-0.1, -0.05) is 29.8 Å². The zero-order chi connectivity index (χ0) is 18.6. The third kappa shape index (κ3) is 5.18. The van der Waals surface area contributed by atoms with Crippen molar-refractivity contribution in [3.8, 4) is 0 Å². The fourth-order valence-corrected chi connectivity index (χ4v) is 2.88. The number of anilines is 3. The van der Waals surface area contributed by atoms with Crippen LogP contribution in [0.2, 0.25) is 0 Å². The second-order valence-electron chi connectivity index (χ2n) is 6.06. The van der Waals surface area contributed by atoms with E-state index in [-0.39, 0.29) is 0 Å². The standard InChI is InChI=1S/C17H23N5O2S/c1-13-6-8-14(9-7-13)10-11-25(23,24)20-15-12-18-17(22(4)5)19-16(15)21(2)3/h6-12,20H,1-5H3/b11-10+. The van der Waals surface area contributed by atoms with Crippen molar-refractivity contribution in [1.82, 2.24) is 9.97 Å². The predicted octanol–water partition coefficient (Wildman–Crippen LogP) is 2.33. The Morgan fingerprint density at radius 3 is 2.24 bits per heavy atom. The molecular formula is C17H23N5O2S. The first-order chi connectivity index (χ1) is 11.7. The van der Waals surface area contributed by atoms with Gasteiger partial charge in [-0.05, 0) is 18.6 Å². The quantitative estimate of drug-likeness (QED) is 0.851. The maximum absolute atomic E-state index is 12.4. The molecule has 0 fully saturated rings. The van der Waals surface area contributed by atoms with E-state index in [1.807, 2.05) is 45.3 Å². The molecule has 134 valence electrons. The van der Waals surface area contributed by atoms with Gasteiger partial charge in [0.15, 0.2) is 5.82 Å². The van der Waals surface area contributed by atoms with E-state index in [0.717, 1.165) is 16.5 Å². The number of benzene rings is 1. The molecule has 0 amide bonds. The van der Waals surface area contributed by atoms with Crippen LogP contribution < -0.4 is 14.5 Å². The number of hydrogen-bond acceptors (Lipinski definition) is 6. The first-order valence-corrected chi connectivity index (χ1v) is 9.22. The molecule has 0 radical (unpaired) electrons. The Bertz CT molecular complexity index is 859. The average molecular weight is 361 g/mol. The van der Waals surface area contributed by atoms with Gasteiger partial charge in [-0.25, -0.2) is 13.4 Å². The molecule has 0 aliphatic rings. The Labute approximate surface area is 149 Å². The number of sulfonamides is 1. The van der Waals surface area contributed by atoms with Crippen LogP contribution in [0.4, 0.5) is 17.5 Å². The molecule has 0 bridgehead atoms. The van der Waals surface area contributed by atoms with Crippen LogP contribution in [0.15, 0.2) is 35.9 Å². The molecule has 0 aliphatic carbocycles. The van der Waals surface area contributed by atoms with Crippen LogP contribution in [0.1, 0.15) is 11.1 Å². The van der Waals surface area contributed by atoms with E-state index >= 15 is 0 Å². The van der Waals surface area contributed by atoms with Gasteiger partial charge in [-0.15, -0.1) is 0 Å². The van der Waals surface area contributed by atoms with Crippen molar-refractivity contribution in [2.24, 2.45) is 0 Å². The van der Waals surface area contributed by atoms with Gasteiger partial charge in [-0.2, -0.15) is 4.98 Å². The summed E-state index contributed by atoms with van der Waals surface area (Å²) in [5.74, 6) is 0.993. The number of aryl methyl sites for hydroxylation is 1. The van der Waals surface area contributed by atoms with E-state index in [1.54, 1.807) is 30.0 Å². The molecule has 25 heavy (non-hydrogen) atoms. The van der Waals surface area contributed by atoms with Crippen LogP contribution in [0.5, 0.6) is 0 Å². The van der Waals surface area contributed by atoms with Crippen LogP contribution in [-0.2, 0) is 10.0 Å². The normalized spacial score (nSPS) is 11.6. The third-order valence-electron chi connectivity index (χ3n) is 3.35. The number of nitrogens with zero attached hydrogens (tertiary/aromatic N) is 4. The monoisotopic (exact) mass is 361 g/mol. The number of nitrogens with one attached hydrogen (secondary N) is 1. The van der Waals surface area contributed by atoms with E-state index in [1.165, 1.54) is 6.20 Å². The first kappa shape index (κ1) is 18.7. The van der Waals surface area contributed by atoms with E-state index in [0.29, 0.717) is 17.5 Å². The Kier molecular flexibility index (Phi) is 5.63. The van der Waals surface area contributed by atoms with Gasteiger partial charge in [0.1, 0.15) is 5.69 Å². The maximum atomic E-state index is 12.4. The van der Waals surface area contributed by atoms with Gasteiger partial charge >= 0.3 is 0 Å². The Hall–Kier alpha value is -2.61. The van der Waals surface area contributed by atoms with Crippen LogP contribution in [-0.4, -0.2) is 46.6 Å². The van der Waals surface area contributed by atoms with E-state index in [9.17, 15) is 8.42 Å². The third-order valence-corrected chi connectivity index (χ3v) is 4.35. The molecular weight excluding hydrogens is 338 g/mol. The van der Waals surface area contributed by atoms with Crippen molar-refractivity contribution in [2.45, 2.75) is 6.92 Å². The van der Waals surface area contributed by atoms with Gasteiger partial charge in [-0.3, -0.25) is 4.72 Å². The van der Waals surface area contributed by atoms with E-state index < -0.39 is 10.0 Å². The second kappa shape index (κ2) is 7.52. The molecule has 2 rings (SSSR count). The summed E-state index contributed by atoms with van der Waals surface area (Å²) in [4.78, 5) is 12.0. The zero-order valence-corrected chi connectivity index (χ0v) is 15.9. The highest BCUT2D eigenvalue weighted by molar-refractivity contribution is 7.95. The molecule has 0 aliphatic heterocycles. The molecule has 1 aromatic heterocycles. The summed E-state index contributed by atoms with van der Waals surface area (Å²) in [5.41, 5.74) is 2.25. The number of hydrogen-bond donors (Lipinski definition) is 1. The van der Waals surface area contributed by atoms with Crippen LogP contribution in [0, 0.1) is 6.92 Å². The molecule has 8 heteroatoms. The molecule has 0 atom stereocenters. The summed E-state index contributed by atoms with van der Waals surface area (Å²) in [5, 5.41) is 1.14. The van der Waals surface area contributed by atoms with Crippen molar-refractivity contribution in [3.05, 3.63) is 47.0 Å². The van der Waals surface area contributed by atoms with Gasteiger partial charge in [0.2, 0.25) is 5.95 Å². The molecule has 7 nitrogen and oxygen atoms in total. The lowest BCUT2D eigenvalue weighted by molar-refractivity contribution is 0.609. The predicted molar refractivity (Wildman–Crippen MR) is 103 cm³/mol. The van der Waals surface area contributed by atoms with Crippen molar-refractivity contribution in [3.63, 3.8) is 0 Å². The molecule has 0 saturated carbocycles. The Morgan fingerprint density at radius 1 is 1.04 bits per heavy atom. The molecule has 1 aromatic carbocycles. The summed E-state index contributed by atoms with van der Waals surface area (Å²) in [7, 11) is 3.55. The minimum atomic E-state index is -3.68. The minimum absolute atomic E-state index is 0.323. The van der Waals surface area contributed by atoms with Crippen molar-refractivity contribution in [1.29, 1.82) is 0 Å². The largest absolute Gasteiger partial charge is 0.361 e. The smallest absolute Gasteiger partial charge is 0.255 e. The summed E-state index contributed by atoms with van der Waals surface area (Å²) >= 11 is 0. The summed E-state index contributed by atoms with van der Waals surface area (Å²) in [6, 6.07) is 7.58. The lowest BCUT2D eigenvalue weighted by atomic mass is 10.2. The molecule has 0 unspecified atom stereocenters. The molecule has 1 heterocycles. The van der Waals surface area contributed by atoms with Crippen molar-refractivity contribution < 1.29 is 8.42 Å². The minimum Gasteiger partial charge on any atom is -0.361 e. The van der Waals surface area contributed by atoms with Gasteiger partial charge in [0, 0.05) is 28.2 Å². The average Bonchev–Trinajstić information content (AvgIpc) is 2.54. The topological polar surface area (TPSA) is 78.4 Å². The van der Waals surface area contributed by atoms with Crippen molar-refractivity contribution >= 4 is 33.6 Å². The summed E-state index contributed by atoms with van der Waals surface area (Å²) in [6.45, 7) is 1.98. The second-order valence-corrected chi connectivity index (χ2v) is 7.62. The highest BCUT2D eigenvalue weighted by Gasteiger charge is 2.15. The van der Waals surface area contributed by atoms with Gasteiger partial charge in [0.05, 0.1) is 11.6 Å². The summed E-state index contributed by atoms with van der Waals surface area (Å²) in [6.07, 6.45) is 3.01.